The maximum atomic E-state index is 12.9. The van der Waals surface area contributed by atoms with Crippen LogP contribution in [0.4, 0.5) is 0 Å². The van der Waals surface area contributed by atoms with Crippen molar-refractivity contribution in [2.75, 3.05) is 19.7 Å². The highest BCUT2D eigenvalue weighted by Crippen LogP contribution is 2.26. The fraction of sp³-hybridized carbons (Fsp3) is 0.619. The largest absolute Gasteiger partial charge is 0.452 e. The van der Waals surface area contributed by atoms with Crippen LogP contribution in [-0.2, 0) is 19.6 Å². The molecule has 0 radical (unpaired) electrons. The van der Waals surface area contributed by atoms with Crippen molar-refractivity contribution < 1.29 is 22.7 Å². The smallest absolute Gasteiger partial charge is 0.340 e. The average Bonchev–Trinajstić information content (AvgIpc) is 2.74. The van der Waals surface area contributed by atoms with Crippen LogP contribution in [0.5, 0.6) is 0 Å². The fourth-order valence-corrected chi connectivity index (χ4v) is 5.80. The predicted molar refractivity (Wildman–Crippen MR) is 114 cm³/mol. The first-order chi connectivity index (χ1) is 14.3. The summed E-state index contributed by atoms with van der Waals surface area (Å²) >= 11 is 6.11. The standard InChI is InChI=1S/C21H29ClN2O5S/c1-15-7-3-4-8-19(15)23-20(25)14-29-21(26)17-13-16(9-10-18(17)22)30(27,28)24-11-5-2-6-12-24/h9-10,13,15,19H,2-8,11-12,14H2,1H3,(H,23,25). The molecule has 1 aliphatic carbocycles. The number of carbonyl (C=O) groups is 2. The van der Waals surface area contributed by atoms with Gasteiger partial charge in [-0.3, -0.25) is 4.79 Å². The molecule has 2 unspecified atom stereocenters. The second-order valence-electron chi connectivity index (χ2n) is 8.12. The van der Waals surface area contributed by atoms with Crippen LogP contribution in [0.15, 0.2) is 23.1 Å². The number of esters is 1. The van der Waals surface area contributed by atoms with E-state index < -0.39 is 22.6 Å². The van der Waals surface area contributed by atoms with Gasteiger partial charge in [0.2, 0.25) is 10.0 Å². The Labute approximate surface area is 183 Å². The van der Waals surface area contributed by atoms with Crippen LogP contribution in [0.3, 0.4) is 0 Å². The molecule has 0 aromatic heterocycles. The molecular formula is C21H29ClN2O5S. The highest BCUT2D eigenvalue weighted by Gasteiger charge is 2.28. The summed E-state index contributed by atoms with van der Waals surface area (Å²) in [7, 11) is -3.70. The summed E-state index contributed by atoms with van der Waals surface area (Å²) in [5.41, 5.74) is -0.0615. The van der Waals surface area contributed by atoms with Gasteiger partial charge in [0, 0.05) is 19.1 Å². The van der Waals surface area contributed by atoms with Crippen molar-refractivity contribution >= 4 is 33.5 Å². The summed E-state index contributed by atoms with van der Waals surface area (Å²) < 4.78 is 32.3. The molecule has 1 heterocycles. The minimum atomic E-state index is -3.70. The Morgan fingerprint density at radius 1 is 1.13 bits per heavy atom. The molecule has 2 aliphatic rings. The van der Waals surface area contributed by atoms with E-state index in [1.807, 2.05) is 0 Å². The first-order valence-corrected chi connectivity index (χ1v) is 12.4. The van der Waals surface area contributed by atoms with E-state index in [1.54, 1.807) is 0 Å². The number of carbonyl (C=O) groups excluding carboxylic acids is 2. The lowest BCUT2D eigenvalue weighted by Gasteiger charge is -2.29. The number of hydrogen-bond donors (Lipinski definition) is 1. The Morgan fingerprint density at radius 2 is 1.83 bits per heavy atom. The van der Waals surface area contributed by atoms with E-state index in [1.165, 1.54) is 22.5 Å². The third kappa shape index (κ3) is 5.53. The molecule has 7 nitrogen and oxygen atoms in total. The summed E-state index contributed by atoms with van der Waals surface area (Å²) in [6.45, 7) is 2.60. The van der Waals surface area contributed by atoms with Crippen LogP contribution in [0.25, 0.3) is 0 Å². The molecule has 9 heteroatoms. The average molecular weight is 457 g/mol. The third-order valence-electron chi connectivity index (χ3n) is 5.90. The highest BCUT2D eigenvalue weighted by molar-refractivity contribution is 7.89. The van der Waals surface area contributed by atoms with E-state index in [0.717, 1.165) is 44.9 Å². The lowest BCUT2D eigenvalue weighted by molar-refractivity contribution is -0.125. The molecule has 1 aromatic carbocycles. The zero-order valence-corrected chi connectivity index (χ0v) is 18.8. The van der Waals surface area contributed by atoms with Gasteiger partial charge in [-0.25, -0.2) is 13.2 Å². The van der Waals surface area contributed by atoms with E-state index in [4.69, 9.17) is 16.3 Å². The monoisotopic (exact) mass is 456 g/mol. The van der Waals surface area contributed by atoms with Crippen molar-refractivity contribution in [1.29, 1.82) is 0 Å². The van der Waals surface area contributed by atoms with Crippen molar-refractivity contribution in [3.8, 4) is 0 Å². The second kappa shape index (κ2) is 10.1. The molecule has 1 aromatic rings. The molecule has 3 rings (SSSR count). The summed E-state index contributed by atoms with van der Waals surface area (Å²) in [6, 6.07) is 4.08. The van der Waals surface area contributed by atoms with E-state index in [0.29, 0.717) is 19.0 Å². The van der Waals surface area contributed by atoms with Crippen LogP contribution in [0, 0.1) is 5.92 Å². The number of ether oxygens (including phenoxy) is 1. The minimum Gasteiger partial charge on any atom is -0.452 e. The van der Waals surface area contributed by atoms with Gasteiger partial charge >= 0.3 is 5.97 Å². The van der Waals surface area contributed by atoms with Gasteiger partial charge in [0.15, 0.2) is 6.61 Å². The van der Waals surface area contributed by atoms with Gasteiger partial charge in [-0.05, 0) is 49.8 Å². The molecule has 166 valence electrons. The Balaban J connectivity index is 1.64. The Morgan fingerprint density at radius 3 is 2.53 bits per heavy atom. The van der Waals surface area contributed by atoms with Crippen LogP contribution < -0.4 is 5.32 Å². The first kappa shape index (κ1) is 23.0. The van der Waals surface area contributed by atoms with Crippen LogP contribution in [-0.4, -0.2) is 50.3 Å². The van der Waals surface area contributed by atoms with Gasteiger partial charge in [0.05, 0.1) is 15.5 Å². The first-order valence-electron chi connectivity index (χ1n) is 10.5. The number of hydrogen-bond acceptors (Lipinski definition) is 5. The number of rotatable bonds is 6. The van der Waals surface area contributed by atoms with Crippen LogP contribution in [0.1, 0.15) is 62.2 Å². The lowest BCUT2D eigenvalue weighted by Crippen LogP contribution is -2.42. The maximum Gasteiger partial charge on any atom is 0.340 e. The molecule has 1 N–H and O–H groups in total. The Hall–Kier alpha value is -1.64. The molecule has 1 saturated heterocycles. The molecule has 1 aliphatic heterocycles. The van der Waals surface area contributed by atoms with E-state index in [9.17, 15) is 18.0 Å². The topological polar surface area (TPSA) is 92.8 Å². The summed E-state index contributed by atoms with van der Waals surface area (Å²) in [5, 5.41) is 3.00. The SMILES string of the molecule is CC1CCCCC1NC(=O)COC(=O)c1cc(S(=O)(=O)N2CCCCC2)ccc1Cl. The number of sulfonamides is 1. The Bertz CT molecular complexity index is 883. The number of benzene rings is 1. The normalized spacial score (nSPS) is 23.0. The van der Waals surface area contributed by atoms with Crippen molar-refractivity contribution in [2.24, 2.45) is 5.92 Å². The summed E-state index contributed by atoms with van der Waals surface area (Å²) in [5.74, 6) is -0.789. The van der Waals surface area contributed by atoms with Crippen LogP contribution in [0.2, 0.25) is 5.02 Å². The minimum absolute atomic E-state index is 0.00114. The number of nitrogens with zero attached hydrogens (tertiary/aromatic N) is 1. The van der Waals surface area contributed by atoms with Gasteiger partial charge in [-0.2, -0.15) is 4.31 Å². The second-order valence-corrected chi connectivity index (χ2v) is 10.5. The quantitative estimate of drug-likeness (QED) is 0.662. The Kier molecular flexibility index (Phi) is 7.76. The molecule has 1 amide bonds. The zero-order valence-electron chi connectivity index (χ0n) is 17.2. The van der Waals surface area contributed by atoms with Crippen molar-refractivity contribution in [1.82, 2.24) is 9.62 Å². The number of amides is 1. The molecule has 2 atom stereocenters. The van der Waals surface area contributed by atoms with E-state index in [-0.39, 0.29) is 27.4 Å². The van der Waals surface area contributed by atoms with Crippen molar-refractivity contribution in [3.63, 3.8) is 0 Å². The van der Waals surface area contributed by atoms with Crippen molar-refractivity contribution in [3.05, 3.63) is 28.8 Å². The van der Waals surface area contributed by atoms with Crippen molar-refractivity contribution in [2.45, 2.75) is 62.8 Å². The van der Waals surface area contributed by atoms with Gasteiger partial charge in [-0.15, -0.1) is 0 Å². The lowest BCUT2D eigenvalue weighted by atomic mass is 9.86. The number of nitrogens with one attached hydrogen (secondary N) is 1. The van der Waals surface area contributed by atoms with Gasteiger partial charge in [0.25, 0.3) is 5.91 Å². The summed E-state index contributed by atoms with van der Waals surface area (Å²) in [6.07, 6.45) is 6.86. The molecule has 2 fully saturated rings. The van der Waals surface area contributed by atoms with Gasteiger partial charge in [-0.1, -0.05) is 37.8 Å². The molecule has 30 heavy (non-hydrogen) atoms. The molecule has 1 saturated carbocycles. The number of piperidine rings is 1. The fourth-order valence-electron chi connectivity index (χ4n) is 4.06. The molecular weight excluding hydrogens is 428 g/mol. The predicted octanol–water partition coefficient (Wildman–Crippen LogP) is 3.37. The van der Waals surface area contributed by atoms with E-state index >= 15 is 0 Å². The van der Waals surface area contributed by atoms with Gasteiger partial charge in [0.1, 0.15) is 0 Å². The highest BCUT2D eigenvalue weighted by atomic mass is 35.5. The van der Waals surface area contributed by atoms with Crippen LogP contribution >= 0.6 is 11.6 Å². The van der Waals surface area contributed by atoms with E-state index in [2.05, 4.69) is 12.2 Å². The van der Waals surface area contributed by atoms with Gasteiger partial charge < -0.3 is 10.1 Å². The number of halogens is 1. The zero-order chi connectivity index (χ0) is 21.7. The molecule has 0 bridgehead atoms. The molecule has 0 spiro atoms. The maximum absolute atomic E-state index is 12.9. The summed E-state index contributed by atoms with van der Waals surface area (Å²) in [4.78, 5) is 24.7. The third-order valence-corrected chi connectivity index (χ3v) is 8.13.